The molecule has 0 radical (unpaired) electrons. The Morgan fingerprint density at radius 1 is 1.10 bits per heavy atom. The molecule has 2 aliphatic heterocycles. The highest BCUT2D eigenvalue weighted by Gasteiger charge is 2.61. The summed E-state index contributed by atoms with van der Waals surface area (Å²) < 4.78 is 0. The molecule has 160 valence electrons. The van der Waals surface area contributed by atoms with Gasteiger partial charge in [0.1, 0.15) is 5.82 Å². The van der Waals surface area contributed by atoms with E-state index in [0.717, 1.165) is 55.7 Å². The van der Waals surface area contributed by atoms with Gasteiger partial charge in [-0.3, -0.25) is 4.79 Å². The summed E-state index contributed by atoms with van der Waals surface area (Å²) in [6.07, 6.45) is 5.96. The van der Waals surface area contributed by atoms with E-state index in [9.17, 15) is 4.79 Å². The molecule has 2 saturated heterocycles. The van der Waals surface area contributed by atoms with Gasteiger partial charge in [-0.05, 0) is 65.4 Å². The van der Waals surface area contributed by atoms with Crippen LogP contribution in [0.1, 0.15) is 66.4 Å². The predicted molar refractivity (Wildman–Crippen MR) is 119 cm³/mol. The fraction of sp³-hybridized carbons (Fsp3) is 0.760. The topological polar surface area (TPSA) is 36.4 Å². The van der Waals surface area contributed by atoms with Crippen LogP contribution in [0.15, 0.2) is 18.3 Å². The van der Waals surface area contributed by atoms with Crippen LogP contribution < -0.4 is 4.90 Å². The molecule has 4 atom stereocenters. The molecule has 3 fully saturated rings. The van der Waals surface area contributed by atoms with Crippen molar-refractivity contribution < 1.29 is 4.79 Å². The zero-order valence-corrected chi connectivity index (χ0v) is 19.2. The first kappa shape index (κ1) is 20.7. The van der Waals surface area contributed by atoms with Gasteiger partial charge in [-0.15, -0.1) is 0 Å². The first-order chi connectivity index (χ1) is 13.6. The highest BCUT2D eigenvalue weighted by molar-refractivity contribution is 5.73. The lowest BCUT2D eigenvalue weighted by Crippen LogP contribution is -2.39. The van der Waals surface area contributed by atoms with Crippen molar-refractivity contribution >= 4 is 11.7 Å². The van der Waals surface area contributed by atoms with Gasteiger partial charge in [0, 0.05) is 39.3 Å². The standard InChI is InChI=1S/C25H39N3O/c1-17(29)28-15-20-21(16-28)23(20)25(5,6)12-18-8-7-11-27(14-18)22-10-9-19(13-26-22)24(2,3)4/h9-10,13,18,20-21,23H,7-8,11-12,14-16H2,1-6H3/t18?,20-,21+,23+. The molecule has 4 heteroatoms. The van der Waals surface area contributed by atoms with Gasteiger partial charge in [-0.2, -0.15) is 0 Å². The van der Waals surface area contributed by atoms with Crippen LogP contribution in [0, 0.1) is 29.1 Å². The van der Waals surface area contributed by atoms with Crippen molar-refractivity contribution in [3.8, 4) is 0 Å². The van der Waals surface area contributed by atoms with Crippen LogP contribution in [-0.2, 0) is 10.2 Å². The van der Waals surface area contributed by atoms with Crippen molar-refractivity contribution in [3.63, 3.8) is 0 Å². The number of carbonyl (C=O) groups is 1. The molecule has 0 aromatic carbocycles. The Labute approximate surface area is 177 Å². The van der Waals surface area contributed by atoms with Crippen molar-refractivity contribution in [1.29, 1.82) is 0 Å². The number of pyridine rings is 1. The molecule has 4 rings (SSSR count). The van der Waals surface area contributed by atoms with E-state index < -0.39 is 0 Å². The van der Waals surface area contributed by atoms with Crippen molar-refractivity contribution in [3.05, 3.63) is 23.9 Å². The van der Waals surface area contributed by atoms with Gasteiger partial charge in [-0.25, -0.2) is 4.98 Å². The smallest absolute Gasteiger partial charge is 0.219 e. The SMILES string of the molecule is CC(=O)N1C[C@@H]2[C@H](C1)[C@H]2C(C)(C)CC1CCCN(c2ccc(C(C)(C)C)cn2)C1. The Kier molecular flexibility index (Phi) is 5.19. The molecule has 0 bridgehead atoms. The third-order valence-electron chi connectivity index (χ3n) is 7.81. The molecule has 1 unspecified atom stereocenters. The maximum absolute atomic E-state index is 11.6. The van der Waals surface area contributed by atoms with Gasteiger partial charge < -0.3 is 9.80 Å². The van der Waals surface area contributed by atoms with Crippen LogP contribution in [0.25, 0.3) is 0 Å². The fourth-order valence-electron chi connectivity index (χ4n) is 6.28. The normalized spacial score (nSPS) is 29.7. The van der Waals surface area contributed by atoms with Gasteiger partial charge in [-0.1, -0.05) is 40.7 Å². The van der Waals surface area contributed by atoms with Gasteiger partial charge in [0.2, 0.25) is 5.91 Å². The number of aromatic nitrogens is 1. The number of amides is 1. The number of piperidine rings is 2. The summed E-state index contributed by atoms with van der Waals surface area (Å²) in [6.45, 7) is 17.6. The Morgan fingerprint density at radius 2 is 1.79 bits per heavy atom. The van der Waals surface area contributed by atoms with E-state index in [-0.39, 0.29) is 11.3 Å². The van der Waals surface area contributed by atoms with Gasteiger partial charge in [0.05, 0.1) is 0 Å². The van der Waals surface area contributed by atoms with Crippen LogP contribution in [0.3, 0.4) is 0 Å². The maximum atomic E-state index is 11.6. The number of rotatable bonds is 4. The third-order valence-corrected chi connectivity index (χ3v) is 7.81. The second-order valence-corrected chi connectivity index (χ2v) is 11.6. The lowest BCUT2D eigenvalue weighted by atomic mass is 9.75. The maximum Gasteiger partial charge on any atom is 0.219 e. The first-order valence-corrected chi connectivity index (χ1v) is 11.5. The second kappa shape index (κ2) is 7.28. The molecule has 1 aliphatic carbocycles. The van der Waals surface area contributed by atoms with E-state index >= 15 is 0 Å². The number of hydrogen-bond acceptors (Lipinski definition) is 3. The number of hydrogen-bond donors (Lipinski definition) is 0. The zero-order chi connectivity index (χ0) is 21.0. The largest absolute Gasteiger partial charge is 0.356 e. The van der Waals surface area contributed by atoms with Crippen LogP contribution in [0.4, 0.5) is 5.82 Å². The highest BCUT2D eigenvalue weighted by atomic mass is 16.2. The summed E-state index contributed by atoms with van der Waals surface area (Å²) in [4.78, 5) is 21.0. The molecule has 3 heterocycles. The molecule has 1 amide bonds. The van der Waals surface area contributed by atoms with Crippen LogP contribution in [0.5, 0.6) is 0 Å². The minimum absolute atomic E-state index is 0.153. The summed E-state index contributed by atoms with van der Waals surface area (Å²) >= 11 is 0. The number of fused-ring (bicyclic) bond motifs is 1. The Balaban J connectivity index is 1.35. The molecule has 1 aromatic heterocycles. The van der Waals surface area contributed by atoms with E-state index in [0.29, 0.717) is 5.41 Å². The number of carbonyl (C=O) groups excluding carboxylic acids is 1. The quantitative estimate of drug-likeness (QED) is 0.736. The van der Waals surface area contributed by atoms with E-state index in [1.807, 2.05) is 0 Å². The van der Waals surface area contributed by atoms with Crippen molar-refractivity contribution in [1.82, 2.24) is 9.88 Å². The lowest BCUT2D eigenvalue weighted by molar-refractivity contribution is -0.128. The molecular weight excluding hydrogens is 358 g/mol. The molecule has 0 spiro atoms. The summed E-state index contributed by atoms with van der Waals surface area (Å²) in [5.41, 5.74) is 1.83. The number of likely N-dealkylation sites (tertiary alicyclic amines) is 1. The Bertz CT molecular complexity index is 736. The molecule has 0 N–H and O–H groups in total. The van der Waals surface area contributed by atoms with E-state index in [2.05, 4.69) is 62.7 Å². The molecule has 1 saturated carbocycles. The summed E-state index contributed by atoms with van der Waals surface area (Å²) in [5, 5.41) is 0. The highest BCUT2D eigenvalue weighted by Crippen LogP contribution is 2.61. The summed E-state index contributed by atoms with van der Waals surface area (Å²) in [5.74, 6) is 4.44. The average molecular weight is 398 g/mol. The van der Waals surface area contributed by atoms with Crippen molar-refractivity contribution in [2.45, 2.75) is 66.2 Å². The van der Waals surface area contributed by atoms with Crippen molar-refractivity contribution in [2.75, 3.05) is 31.1 Å². The molecule has 29 heavy (non-hydrogen) atoms. The Morgan fingerprint density at radius 3 is 2.34 bits per heavy atom. The van der Waals surface area contributed by atoms with Gasteiger partial charge >= 0.3 is 0 Å². The van der Waals surface area contributed by atoms with Crippen LogP contribution in [0.2, 0.25) is 0 Å². The minimum atomic E-state index is 0.153. The van der Waals surface area contributed by atoms with E-state index in [1.54, 1.807) is 6.92 Å². The van der Waals surface area contributed by atoms with Crippen LogP contribution >= 0.6 is 0 Å². The zero-order valence-electron chi connectivity index (χ0n) is 19.2. The third kappa shape index (κ3) is 4.18. The molecule has 1 aromatic rings. The molecule has 4 nitrogen and oxygen atoms in total. The fourth-order valence-corrected chi connectivity index (χ4v) is 6.28. The second-order valence-electron chi connectivity index (χ2n) is 11.6. The average Bonchev–Trinajstić information content (AvgIpc) is 3.18. The number of nitrogens with zero attached hydrogens (tertiary/aromatic N) is 3. The van der Waals surface area contributed by atoms with Crippen LogP contribution in [-0.4, -0.2) is 42.0 Å². The summed E-state index contributed by atoms with van der Waals surface area (Å²) in [7, 11) is 0. The summed E-state index contributed by atoms with van der Waals surface area (Å²) in [6, 6.07) is 4.47. The first-order valence-electron chi connectivity index (χ1n) is 11.5. The minimum Gasteiger partial charge on any atom is -0.356 e. The van der Waals surface area contributed by atoms with Gasteiger partial charge in [0.15, 0.2) is 0 Å². The monoisotopic (exact) mass is 397 g/mol. The predicted octanol–water partition coefficient (Wildman–Crippen LogP) is 4.74. The number of anilines is 1. The molecule has 3 aliphatic rings. The van der Waals surface area contributed by atoms with E-state index in [4.69, 9.17) is 4.98 Å². The van der Waals surface area contributed by atoms with E-state index in [1.165, 1.54) is 24.8 Å². The molecular formula is C25H39N3O. The van der Waals surface area contributed by atoms with Gasteiger partial charge in [0.25, 0.3) is 0 Å². The lowest BCUT2D eigenvalue weighted by Gasteiger charge is -2.39. The van der Waals surface area contributed by atoms with Crippen molar-refractivity contribution in [2.24, 2.45) is 29.1 Å². The Hall–Kier alpha value is -1.58.